The van der Waals surface area contributed by atoms with Gasteiger partial charge in [0.15, 0.2) is 0 Å². The van der Waals surface area contributed by atoms with Crippen molar-refractivity contribution in [2.75, 3.05) is 7.11 Å². The summed E-state index contributed by atoms with van der Waals surface area (Å²) >= 11 is 0. The molecule has 2 N–H and O–H groups in total. The van der Waals surface area contributed by atoms with Gasteiger partial charge >= 0.3 is 5.97 Å². The van der Waals surface area contributed by atoms with Gasteiger partial charge in [0.05, 0.1) is 13.5 Å². The van der Waals surface area contributed by atoms with Gasteiger partial charge in [0.1, 0.15) is 5.75 Å². The molecular weight excluding hydrogens is 246 g/mol. The van der Waals surface area contributed by atoms with E-state index in [1.54, 1.807) is 7.11 Å². The summed E-state index contributed by atoms with van der Waals surface area (Å²) in [6.07, 6.45) is -0.168. The highest BCUT2D eigenvalue weighted by molar-refractivity contribution is 5.80. The lowest BCUT2D eigenvalue weighted by molar-refractivity contribution is -0.138. The van der Waals surface area contributed by atoms with Crippen molar-refractivity contribution >= 4 is 11.9 Å². The Balaban J connectivity index is 2.67. The first-order chi connectivity index (χ1) is 8.93. The zero-order valence-corrected chi connectivity index (χ0v) is 11.4. The van der Waals surface area contributed by atoms with Crippen molar-refractivity contribution in [3.8, 4) is 5.75 Å². The molecule has 0 heterocycles. The lowest BCUT2D eigenvalue weighted by atomic mass is 10.0. The van der Waals surface area contributed by atoms with E-state index in [-0.39, 0.29) is 18.7 Å². The zero-order valence-electron chi connectivity index (χ0n) is 11.4. The second kappa shape index (κ2) is 6.78. The van der Waals surface area contributed by atoms with Crippen LogP contribution in [0.3, 0.4) is 0 Å². The Kier molecular flexibility index (Phi) is 5.36. The van der Waals surface area contributed by atoms with Crippen LogP contribution in [0.2, 0.25) is 0 Å². The van der Waals surface area contributed by atoms with E-state index in [0.29, 0.717) is 6.54 Å². The number of carboxylic acid groups (broad SMARTS) is 1. The molecule has 0 aliphatic heterocycles. The molecule has 0 spiro atoms. The molecule has 1 amide bonds. The number of benzene rings is 1. The number of carbonyl (C=O) groups excluding carboxylic acids is 1. The molecule has 19 heavy (non-hydrogen) atoms. The van der Waals surface area contributed by atoms with E-state index >= 15 is 0 Å². The first-order valence-corrected chi connectivity index (χ1v) is 6.06. The van der Waals surface area contributed by atoms with E-state index in [9.17, 15) is 9.59 Å². The molecule has 0 aliphatic rings. The predicted molar refractivity (Wildman–Crippen MR) is 71.2 cm³/mol. The van der Waals surface area contributed by atoms with E-state index in [1.165, 1.54) is 0 Å². The quantitative estimate of drug-likeness (QED) is 0.822. The van der Waals surface area contributed by atoms with Crippen LogP contribution in [0.5, 0.6) is 5.75 Å². The van der Waals surface area contributed by atoms with Crippen LogP contribution in [0, 0.1) is 13.8 Å². The summed E-state index contributed by atoms with van der Waals surface area (Å²) in [5.74, 6) is -0.514. The van der Waals surface area contributed by atoms with Crippen LogP contribution in [-0.2, 0) is 16.1 Å². The molecule has 0 unspecified atom stereocenters. The highest BCUT2D eigenvalue weighted by Crippen LogP contribution is 2.23. The average Bonchev–Trinajstić information content (AvgIpc) is 2.34. The van der Waals surface area contributed by atoms with E-state index in [2.05, 4.69) is 5.32 Å². The van der Waals surface area contributed by atoms with Crippen LogP contribution in [-0.4, -0.2) is 24.1 Å². The average molecular weight is 265 g/mol. The molecule has 0 atom stereocenters. The second-order valence-corrected chi connectivity index (χ2v) is 4.43. The molecule has 0 fully saturated rings. The van der Waals surface area contributed by atoms with E-state index in [1.807, 2.05) is 26.0 Å². The number of carbonyl (C=O) groups is 2. The number of ether oxygens (including phenoxy) is 1. The molecule has 0 bridgehead atoms. The topological polar surface area (TPSA) is 75.6 Å². The normalized spacial score (nSPS) is 10.1. The molecule has 1 aromatic carbocycles. The van der Waals surface area contributed by atoms with Gasteiger partial charge in [-0.3, -0.25) is 9.59 Å². The molecule has 1 rings (SSSR count). The van der Waals surface area contributed by atoms with Crippen LogP contribution < -0.4 is 10.1 Å². The van der Waals surface area contributed by atoms with Gasteiger partial charge in [0.2, 0.25) is 5.91 Å². The maximum atomic E-state index is 11.5. The summed E-state index contributed by atoms with van der Waals surface area (Å²) < 4.78 is 5.29. The molecule has 1 aromatic rings. The predicted octanol–water partition coefficient (Wildman–Crippen LogP) is 1.79. The van der Waals surface area contributed by atoms with E-state index in [0.717, 1.165) is 22.4 Å². The highest BCUT2D eigenvalue weighted by Gasteiger charge is 2.10. The number of aliphatic carboxylic acids is 1. The lowest BCUT2D eigenvalue weighted by Crippen LogP contribution is -2.24. The molecular formula is C14H19NO4. The first-order valence-electron chi connectivity index (χ1n) is 6.06. The third kappa shape index (κ3) is 4.62. The smallest absolute Gasteiger partial charge is 0.303 e. The maximum Gasteiger partial charge on any atom is 0.303 e. The van der Waals surface area contributed by atoms with Crippen molar-refractivity contribution in [3.05, 3.63) is 28.8 Å². The third-order valence-corrected chi connectivity index (χ3v) is 2.82. The Hall–Kier alpha value is -2.04. The third-order valence-electron chi connectivity index (χ3n) is 2.82. The molecule has 5 heteroatoms. The Bertz CT molecular complexity index is 483. The number of carboxylic acids is 1. The SMILES string of the molecule is COc1cc(C)cc(C)c1CNC(=O)CCC(=O)O. The van der Waals surface area contributed by atoms with Gasteiger partial charge in [-0.25, -0.2) is 0 Å². The Morgan fingerprint density at radius 1 is 1.26 bits per heavy atom. The number of methoxy groups -OCH3 is 1. The first kappa shape index (κ1) is 15.0. The van der Waals surface area contributed by atoms with Gasteiger partial charge in [-0.15, -0.1) is 0 Å². The van der Waals surface area contributed by atoms with Gasteiger partial charge in [-0.1, -0.05) is 6.07 Å². The van der Waals surface area contributed by atoms with Crippen molar-refractivity contribution in [1.82, 2.24) is 5.32 Å². The minimum atomic E-state index is -0.973. The van der Waals surface area contributed by atoms with Crippen molar-refractivity contribution in [3.63, 3.8) is 0 Å². The summed E-state index contributed by atoms with van der Waals surface area (Å²) in [6.45, 7) is 4.27. The number of hydrogen-bond donors (Lipinski definition) is 2. The van der Waals surface area contributed by atoms with Crippen molar-refractivity contribution in [2.45, 2.75) is 33.2 Å². The number of hydrogen-bond acceptors (Lipinski definition) is 3. The van der Waals surface area contributed by atoms with Crippen LogP contribution >= 0.6 is 0 Å². The summed E-state index contributed by atoms with van der Waals surface area (Å²) in [6, 6.07) is 3.92. The van der Waals surface area contributed by atoms with Gasteiger partial charge in [0, 0.05) is 18.5 Å². The maximum absolute atomic E-state index is 11.5. The van der Waals surface area contributed by atoms with Crippen LogP contribution in [0.15, 0.2) is 12.1 Å². The molecule has 0 radical (unpaired) electrons. The fourth-order valence-electron chi connectivity index (χ4n) is 1.86. The van der Waals surface area contributed by atoms with Crippen molar-refractivity contribution in [1.29, 1.82) is 0 Å². The summed E-state index contributed by atoms with van der Waals surface area (Å²) in [5.41, 5.74) is 3.04. The van der Waals surface area contributed by atoms with E-state index in [4.69, 9.17) is 9.84 Å². The summed E-state index contributed by atoms with van der Waals surface area (Å²) in [4.78, 5) is 21.9. The molecule has 0 aromatic heterocycles. The van der Waals surface area contributed by atoms with Crippen LogP contribution in [0.1, 0.15) is 29.5 Å². The standard InChI is InChI=1S/C14H19NO4/c1-9-6-10(2)11(12(7-9)19-3)8-15-13(16)4-5-14(17)18/h6-7H,4-5,8H2,1-3H3,(H,15,16)(H,17,18). The number of amides is 1. The summed E-state index contributed by atoms with van der Waals surface area (Å²) in [7, 11) is 1.59. The largest absolute Gasteiger partial charge is 0.496 e. The minimum Gasteiger partial charge on any atom is -0.496 e. The van der Waals surface area contributed by atoms with Crippen molar-refractivity contribution in [2.24, 2.45) is 0 Å². The molecule has 5 nitrogen and oxygen atoms in total. The molecule has 0 aliphatic carbocycles. The van der Waals surface area contributed by atoms with Gasteiger partial charge in [0.25, 0.3) is 0 Å². The Labute approximate surface area is 112 Å². The van der Waals surface area contributed by atoms with Gasteiger partial charge in [-0.05, 0) is 31.0 Å². The monoisotopic (exact) mass is 265 g/mol. The Morgan fingerprint density at radius 2 is 1.95 bits per heavy atom. The lowest BCUT2D eigenvalue weighted by Gasteiger charge is -2.13. The molecule has 0 saturated carbocycles. The number of aryl methyl sites for hydroxylation is 2. The number of nitrogens with one attached hydrogen (secondary N) is 1. The Morgan fingerprint density at radius 3 is 2.53 bits per heavy atom. The molecule has 0 saturated heterocycles. The second-order valence-electron chi connectivity index (χ2n) is 4.43. The van der Waals surface area contributed by atoms with Crippen LogP contribution in [0.25, 0.3) is 0 Å². The van der Waals surface area contributed by atoms with Gasteiger partial charge in [-0.2, -0.15) is 0 Å². The zero-order chi connectivity index (χ0) is 14.4. The minimum absolute atomic E-state index is 0.0114. The highest BCUT2D eigenvalue weighted by atomic mass is 16.5. The fraction of sp³-hybridized carbons (Fsp3) is 0.429. The number of rotatable bonds is 6. The van der Waals surface area contributed by atoms with Gasteiger partial charge < -0.3 is 15.2 Å². The van der Waals surface area contributed by atoms with Crippen molar-refractivity contribution < 1.29 is 19.4 Å². The molecule has 104 valence electrons. The summed E-state index contributed by atoms with van der Waals surface area (Å²) in [5, 5.41) is 11.2. The van der Waals surface area contributed by atoms with E-state index < -0.39 is 5.97 Å². The fourth-order valence-corrected chi connectivity index (χ4v) is 1.86. The van der Waals surface area contributed by atoms with Crippen LogP contribution in [0.4, 0.5) is 0 Å².